The number of hydrogen-bond acceptors (Lipinski definition) is 5. The molecule has 0 aromatic heterocycles. The average Bonchev–Trinajstić information content (AvgIpc) is 2.57. The molecule has 0 spiro atoms. The van der Waals surface area contributed by atoms with Crippen molar-refractivity contribution in [1.29, 1.82) is 5.26 Å². The molecule has 0 bridgehead atoms. The minimum absolute atomic E-state index is 0.0199. The van der Waals surface area contributed by atoms with Crippen LogP contribution in [0.25, 0.3) is 0 Å². The van der Waals surface area contributed by atoms with Crippen LogP contribution in [0.4, 0.5) is 0 Å². The molecule has 5 nitrogen and oxygen atoms in total. The maximum Gasteiger partial charge on any atom is 0.344 e. The van der Waals surface area contributed by atoms with Crippen LogP contribution < -0.4 is 0 Å². The van der Waals surface area contributed by atoms with E-state index >= 15 is 0 Å². The summed E-state index contributed by atoms with van der Waals surface area (Å²) in [4.78, 5) is 27.5. The number of thioether (sulfide) groups is 1. The fourth-order valence-corrected chi connectivity index (χ4v) is 4.54. The van der Waals surface area contributed by atoms with Crippen LogP contribution in [0, 0.1) is 16.7 Å². The van der Waals surface area contributed by atoms with E-state index < -0.39 is 11.4 Å². The lowest BCUT2D eigenvalue weighted by Crippen LogP contribution is -2.48. The summed E-state index contributed by atoms with van der Waals surface area (Å²) < 4.78 is 5.11. The summed E-state index contributed by atoms with van der Waals surface area (Å²) in [6, 6.07) is 2.25. The summed E-state index contributed by atoms with van der Waals surface area (Å²) in [5.41, 5.74) is -0.679. The van der Waals surface area contributed by atoms with Crippen LogP contribution in [-0.4, -0.2) is 41.7 Å². The lowest BCUT2D eigenvalue weighted by molar-refractivity contribution is -0.139. The minimum atomic E-state index is -1.23. The van der Waals surface area contributed by atoms with Crippen LogP contribution >= 0.6 is 11.8 Å². The third-order valence-corrected chi connectivity index (χ3v) is 5.83. The van der Waals surface area contributed by atoms with E-state index in [0.717, 1.165) is 19.3 Å². The maximum absolute atomic E-state index is 13.1. The molecule has 1 saturated heterocycles. The first kappa shape index (κ1) is 17.9. The maximum atomic E-state index is 13.1. The quantitative estimate of drug-likeness (QED) is 0.741. The van der Waals surface area contributed by atoms with Crippen LogP contribution in [0.5, 0.6) is 0 Å². The summed E-state index contributed by atoms with van der Waals surface area (Å²) in [5, 5.41) is 9.89. The van der Waals surface area contributed by atoms with E-state index in [0.29, 0.717) is 30.0 Å². The average molecular weight is 336 g/mol. The zero-order valence-electron chi connectivity index (χ0n) is 14.1. The van der Waals surface area contributed by atoms with Gasteiger partial charge in [0.1, 0.15) is 0 Å². The van der Waals surface area contributed by atoms with Gasteiger partial charge in [-0.3, -0.25) is 4.79 Å². The summed E-state index contributed by atoms with van der Waals surface area (Å²) in [6.07, 6.45) is 3.52. The number of ether oxygens (including phenoxy) is 1. The van der Waals surface area contributed by atoms with E-state index in [2.05, 4.69) is 6.07 Å². The first-order chi connectivity index (χ1) is 11.0. The molecule has 2 rings (SSSR count). The highest BCUT2D eigenvalue weighted by Gasteiger charge is 2.49. The minimum Gasteiger partial charge on any atom is -0.462 e. The molecule has 23 heavy (non-hydrogen) atoms. The fourth-order valence-electron chi connectivity index (χ4n) is 3.30. The van der Waals surface area contributed by atoms with Crippen molar-refractivity contribution >= 4 is 23.6 Å². The number of rotatable bonds is 3. The Morgan fingerprint density at radius 1 is 1.39 bits per heavy atom. The van der Waals surface area contributed by atoms with Gasteiger partial charge in [-0.25, -0.2) is 4.79 Å². The van der Waals surface area contributed by atoms with Crippen molar-refractivity contribution in [3.8, 4) is 6.07 Å². The summed E-state index contributed by atoms with van der Waals surface area (Å²) in [6.45, 7) is 7.12. The Morgan fingerprint density at radius 2 is 2.04 bits per heavy atom. The Hall–Kier alpha value is -1.48. The SMILES string of the molecule is CCOC(=O)C1=C(C)C(C#N)(C(=O)N2CCCCC2)CC(C)S1. The van der Waals surface area contributed by atoms with Crippen molar-refractivity contribution in [3.05, 3.63) is 10.5 Å². The molecule has 0 radical (unpaired) electrons. The number of carbonyl (C=O) groups excluding carboxylic acids is 2. The van der Waals surface area contributed by atoms with Gasteiger partial charge in [0.25, 0.3) is 0 Å². The first-order valence-electron chi connectivity index (χ1n) is 8.22. The van der Waals surface area contributed by atoms with Gasteiger partial charge in [0.15, 0.2) is 5.41 Å². The zero-order valence-corrected chi connectivity index (χ0v) is 14.9. The van der Waals surface area contributed by atoms with Crippen LogP contribution in [0.3, 0.4) is 0 Å². The number of carbonyl (C=O) groups is 2. The van der Waals surface area contributed by atoms with Gasteiger partial charge in [0.2, 0.25) is 5.91 Å². The van der Waals surface area contributed by atoms with Gasteiger partial charge >= 0.3 is 5.97 Å². The van der Waals surface area contributed by atoms with Gasteiger partial charge in [-0.1, -0.05) is 6.92 Å². The first-order valence-corrected chi connectivity index (χ1v) is 9.10. The molecule has 0 saturated carbocycles. The van der Waals surface area contributed by atoms with E-state index in [4.69, 9.17) is 4.74 Å². The summed E-state index contributed by atoms with van der Waals surface area (Å²) >= 11 is 1.41. The predicted molar refractivity (Wildman–Crippen MR) is 89.5 cm³/mol. The molecule has 1 fully saturated rings. The molecule has 126 valence electrons. The molecule has 2 aliphatic heterocycles. The second-order valence-corrected chi connectivity index (χ2v) is 7.63. The van der Waals surface area contributed by atoms with Crippen molar-refractivity contribution in [2.75, 3.05) is 19.7 Å². The molecule has 6 heteroatoms. The fraction of sp³-hybridized carbons (Fsp3) is 0.706. The predicted octanol–water partition coefficient (Wildman–Crippen LogP) is 2.87. The van der Waals surface area contributed by atoms with Crippen LogP contribution in [0.1, 0.15) is 46.5 Å². The summed E-state index contributed by atoms with van der Waals surface area (Å²) in [5.74, 6) is -0.571. The van der Waals surface area contributed by atoms with Crippen molar-refractivity contribution in [3.63, 3.8) is 0 Å². The van der Waals surface area contributed by atoms with Gasteiger partial charge in [-0.05, 0) is 45.1 Å². The molecule has 0 aromatic carbocycles. The largest absolute Gasteiger partial charge is 0.462 e. The van der Waals surface area contributed by atoms with Crippen molar-refractivity contribution < 1.29 is 14.3 Å². The molecule has 2 heterocycles. The normalized spacial score (nSPS) is 28.3. The topological polar surface area (TPSA) is 70.4 Å². The Bertz CT molecular complexity index is 561. The van der Waals surface area contributed by atoms with E-state index in [1.54, 1.807) is 18.7 Å². The molecule has 1 amide bonds. The highest BCUT2D eigenvalue weighted by molar-refractivity contribution is 8.04. The van der Waals surface area contributed by atoms with Crippen LogP contribution in [-0.2, 0) is 14.3 Å². The number of hydrogen-bond donors (Lipinski definition) is 0. The number of nitriles is 1. The molecular weight excluding hydrogens is 312 g/mol. The molecule has 0 aliphatic carbocycles. The molecule has 2 unspecified atom stereocenters. The van der Waals surface area contributed by atoms with Crippen molar-refractivity contribution in [1.82, 2.24) is 4.90 Å². The lowest BCUT2D eigenvalue weighted by atomic mass is 9.75. The van der Waals surface area contributed by atoms with Gasteiger partial charge < -0.3 is 9.64 Å². The van der Waals surface area contributed by atoms with Gasteiger partial charge in [0, 0.05) is 18.3 Å². The Balaban J connectivity index is 2.41. The standard InChI is InChI=1S/C17H24N2O3S/c1-4-22-15(20)14-13(3)17(11-18,10-12(2)23-14)16(21)19-8-6-5-7-9-19/h12H,4-10H2,1-3H3. The number of amides is 1. The monoisotopic (exact) mass is 336 g/mol. The van der Waals surface area contributed by atoms with Crippen LogP contribution in [0.2, 0.25) is 0 Å². The number of esters is 1. The smallest absolute Gasteiger partial charge is 0.344 e. The number of likely N-dealkylation sites (tertiary alicyclic amines) is 1. The Labute approximate surface area is 142 Å². The lowest BCUT2D eigenvalue weighted by Gasteiger charge is -2.39. The van der Waals surface area contributed by atoms with Gasteiger partial charge in [-0.15, -0.1) is 11.8 Å². The van der Waals surface area contributed by atoms with Gasteiger partial charge in [0.05, 0.1) is 17.6 Å². The zero-order chi connectivity index (χ0) is 17.0. The third-order valence-electron chi connectivity index (χ3n) is 4.55. The van der Waals surface area contributed by atoms with E-state index in [1.807, 2.05) is 6.92 Å². The van der Waals surface area contributed by atoms with E-state index in [9.17, 15) is 14.9 Å². The molecule has 2 atom stereocenters. The van der Waals surface area contributed by atoms with E-state index in [1.165, 1.54) is 11.8 Å². The van der Waals surface area contributed by atoms with Crippen molar-refractivity contribution in [2.24, 2.45) is 5.41 Å². The molecular formula is C17H24N2O3S. The highest BCUT2D eigenvalue weighted by atomic mass is 32.2. The van der Waals surface area contributed by atoms with Crippen LogP contribution in [0.15, 0.2) is 10.5 Å². The molecule has 2 aliphatic rings. The molecule has 0 aromatic rings. The Kier molecular flexibility index (Phi) is 5.74. The third kappa shape index (κ3) is 3.40. The second kappa shape index (κ2) is 7.39. The summed E-state index contributed by atoms with van der Waals surface area (Å²) in [7, 11) is 0. The van der Waals surface area contributed by atoms with E-state index in [-0.39, 0.29) is 17.8 Å². The van der Waals surface area contributed by atoms with Crippen molar-refractivity contribution in [2.45, 2.75) is 51.7 Å². The number of nitrogens with zero attached hydrogens (tertiary/aromatic N) is 2. The number of piperidine rings is 1. The molecule has 0 N–H and O–H groups in total. The second-order valence-electron chi connectivity index (χ2n) is 6.18. The highest BCUT2D eigenvalue weighted by Crippen LogP contribution is 2.47. The van der Waals surface area contributed by atoms with Gasteiger partial charge in [-0.2, -0.15) is 5.26 Å². The Morgan fingerprint density at radius 3 is 2.61 bits per heavy atom.